The lowest BCUT2D eigenvalue weighted by molar-refractivity contribution is 0.0931. The van der Waals surface area contributed by atoms with Crippen molar-refractivity contribution in [3.63, 3.8) is 0 Å². The smallest absolute Gasteiger partial charge is 0.251 e. The fourth-order valence-electron chi connectivity index (χ4n) is 3.74. The molecule has 2 aliphatic rings. The summed E-state index contributed by atoms with van der Waals surface area (Å²) in [4.78, 5) is 12.4. The molecule has 2 aromatic carbocycles. The molecule has 1 amide bonds. The molecule has 2 bridgehead atoms. The Morgan fingerprint density at radius 2 is 1.84 bits per heavy atom. The van der Waals surface area contributed by atoms with Crippen LogP contribution < -0.4 is 20.1 Å². The Labute approximate surface area is 147 Å². The number of fused-ring (bicyclic) bond motifs is 2. The van der Waals surface area contributed by atoms with Crippen molar-refractivity contribution in [1.82, 2.24) is 10.6 Å². The zero-order valence-corrected chi connectivity index (χ0v) is 14.2. The molecule has 0 saturated carbocycles. The first-order valence-electron chi connectivity index (χ1n) is 8.71. The first-order chi connectivity index (χ1) is 12.2. The second-order valence-corrected chi connectivity index (χ2v) is 6.64. The number of carbonyl (C=O) groups is 1. The highest BCUT2D eigenvalue weighted by molar-refractivity contribution is 5.94. The summed E-state index contributed by atoms with van der Waals surface area (Å²) >= 11 is 0. The van der Waals surface area contributed by atoms with E-state index < -0.39 is 0 Å². The Kier molecular flexibility index (Phi) is 4.32. The Morgan fingerprint density at radius 1 is 1.08 bits per heavy atom. The summed E-state index contributed by atoms with van der Waals surface area (Å²) in [6, 6.07) is 15.9. The van der Waals surface area contributed by atoms with Crippen LogP contribution in [0.15, 0.2) is 48.5 Å². The number of rotatable bonds is 5. The van der Waals surface area contributed by atoms with Gasteiger partial charge in [0.15, 0.2) is 11.5 Å². The highest BCUT2D eigenvalue weighted by Crippen LogP contribution is 2.31. The molecule has 0 aromatic heterocycles. The molecule has 0 spiro atoms. The molecule has 2 heterocycles. The lowest BCUT2D eigenvalue weighted by atomic mass is 9.95. The number of hydrogen-bond donors (Lipinski definition) is 2. The van der Waals surface area contributed by atoms with E-state index in [-0.39, 0.29) is 11.9 Å². The molecular formula is C20H22N2O3. The number of hydrogen-bond acceptors (Lipinski definition) is 4. The molecule has 3 atom stereocenters. The minimum atomic E-state index is -0.0248. The summed E-state index contributed by atoms with van der Waals surface area (Å²) in [5, 5.41) is 6.69. The molecule has 4 rings (SSSR count). The minimum absolute atomic E-state index is 0.0248. The number of carbonyl (C=O) groups excluding carboxylic acids is 1. The maximum absolute atomic E-state index is 12.4. The predicted molar refractivity (Wildman–Crippen MR) is 95.3 cm³/mol. The van der Waals surface area contributed by atoms with Crippen molar-refractivity contribution in [2.45, 2.75) is 37.4 Å². The lowest BCUT2D eigenvalue weighted by Crippen LogP contribution is -2.42. The van der Waals surface area contributed by atoms with Gasteiger partial charge in [0, 0.05) is 23.7 Å². The first kappa shape index (κ1) is 16.0. The van der Waals surface area contributed by atoms with Gasteiger partial charge in [-0.2, -0.15) is 0 Å². The molecule has 5 heteroatoms. The van der Waals surface area contributed by atoms with Gasteiger partial charge in [0.25, 0.3) is 5.91 Å². The molecule has 2 saturated heterocycles. The van der Waals surface area contributed by atoms with Crippen LogP contribution in [0.25, 0.3) is 0 Å². The second-order valence-electron chi connectivity index (χ2n) is 6.64. The van der Waals surface area contributed by atoms with E-state index in [2.05, 4.69) is 10.6 Å². The third-order valence-corrected chi connectivity index (χ3v) is 5.03. The van der Waals surface area contributed by atoms with E-state index >= 15 is 0 Å². The van der Waals surface area contributed by atoms with Crippen LogP contribution in [0.5, 0.6) is 17.2 Å². The topological polar surface area (TPSA) is 59.6 Å². The van der Waals surface area contributed by atoms with Crippen LogP contribution in [0.1, 0.15) is 29.6 Å². The van der Waals surface area contributed by atoms with Crippen molar-refractivity contribution < 1.29 is 14.3 Å². The first-order valence-corrected chi connectivity index (χ1v) is 8.71. The van der Waals surface area contributed by atoms with Crippen LogP contribution in [0, 0.1) is 0 Å². The molecule has 2 aromatic rings. The molecular weight excluding hydrogens is 316 g/mol. The number of amides is 1. The Bertz CT molecular complexity index is 760. The fourth-order valence-corrected chi connectivity index (χ4v) is 3.74. The number of nitrogens with one attached hydrogen (secondary N) is 2. The third kappa shape index (κ3) is 3.33. The summed E-state index contributed by atoms with van der Waals surface area (Å²) in [7, 11) is 1.61. The van der Waals surface area contributed by atoms with E-state index in [0.29, 0.717) is 34.9 Å². The Morgan fingerprint density at radius 3 is 2.48 bits per heavy atom. The van der Waals surface area contributed by atoms with Gasteiger partial charge in [-0.25, -0.2) is 0 Å². The van der Waals surface area contributed by atoms with Crippen molar-refractivity contribution in [1.29, 1.82) is 0 Å². The highest BCUT2D eigenvalue weighted by Gasteiger charge is 2.39. The largest absolute Gasteiger partial charge is 0.493 e. The maximum atomic E-state index is 12.4. The summed E-state index contributed by atoms with van der Waals surface area (Å²) in [5.41, 5.74) is 0.648. The summed E-state index contributed by atoms with van der Waals surface area (Å²) in [5.74, 6) is 1.97. The quantitative estimate of drug-likeness (QED) is 0.879. The molecule has 2 N–H and O–H groups in total. The van der Waals surface area contributed by atoms with Crippen molar-refractivity contribution in [3.8, 4) is 17.2 Å². The zero-order chi connectivity index (χ0) is 17.2. The average Bonchev–Trinajstić information content (AvgIpc) is 3.26. The number of benzene rings is 2. The van der Waals surface area contributed by atoms with E-state index in [9.17, 15) is 4.79 Å². The fraction of sp³-hybridized carbons (Fsp3) is 0.350. The van der Waals surface area contributed by atoms with Crippen molar-refractivity contribution >= 4 is 5.91 Å². The highest BCUT2D eigenvalue weighted by atomic mass is 16.5. The monoisotopic (exact) mass is 338 g/mol. The molecule has 0 radical (unpaired) electrons. The predicted octanol–water partition coefficient (Wildman–Crippen LogP) is 3.11. The molecule has 2 fully saturated rings. The van der Waals surface area contributed by atoms with E-state index in [1.807, 2.05) is 24.3 Å². The average molecular weight is 338 g/mol. The SMILES string of the molecule is COc1ccccc1Oc1ccc(C(=O)NC2CC3CCC2N3)cc1. The second kappa shape index (κ2) is 6.76. The minimum Gasteiger partial charge on any atom is -0.493 e. The molecule has 2 aliphatic heterocycles. The van der Waals surface area contributed by atoms with Crippen LogP contribution in [0.2, 0.25) is 0 Å². The van der Waals surface area contributed by atoms with Gasteiger partial charge in [-0.15, -0.1) is 0 Å². The van der Waals surface area contributed by atoms with Crippen molar-refractivity contribution in [2.75, 3.05) is 7.11 Å². The summed E-state index contributed by atoms with van der Waals surface area (Å²) in [6.07, 6.45) is 3.42. The maximum Gasteiger partial charge on any atom is 0.251 e. The van der Waals surface area contributed by atoms with E-state index in [4.69, 9.17) is 9.47 Å². The third-order valence-electron chi connectivity index (χ3n) is 5.03. The zero-order valence-electron chi connectivity index (χ0n) is 14.2. The van der Waals surface area contributed by atoms with Crippen LogP contribution in [-0.4, -0.2) is 31.1 Å². The van der Waals surface area contributed by atoms with Gasteiger partial charge < -0.3 is 20.1 Å². The molecule has 130 valence electrons. The van der Waals surface area contributed by atoms with Crippen LogP contribution in [0.4, 0.5) is 0 Å². The van der Waals surface area contributed by atoms with Crippen molar-refractivity contribution in [3.05, 3.63) is 54.1 Å². The normalized spacial score (nSPS) is 24.1. The number of ether oxygens (including phenoxy) is 2. The molecule has 0 aliphatic carbocycles. The van der Waals surface area contributed by atoms with Gasteiger partial charge in [0.05, 0.1) is 7.11 Å². The van der Waals surface area contributed by atoms with Crippen LogP contribution in [-0.2, 0) is 0 Å². The van der Waals surface area contributed by atoms with Gasteiger partial charge in [0.1, 0.15) is 5.75 Å². The van der Waals surface area contributed by atoms with Crippen LogP contribution >= 0.6 is 0 Å². The van der Waals surface area contributed by atoms with E-state index in [1.54, 1.807) is 31.4 Å². The van der Waals surface area contributed by atoms with Crippen molar-refractivity contribution in [2.24, 2.45) is 0 Å². The van der Waals surface area contributed by atoms with E-state index in [0.717, 1.165) is 12.8 Å². The number of methoxy groups -OCH3 is 1. The van der Waals surface area contributed by atoms with Crippen LogP contribution in [0.3, 0.4) is 0 Å². The molecule has 5 nitrogen and oxygen atoms in total. The van der Waals surface area contributed by atoms with Gasteiger partial charge >= 0.3 is 0 Å². The standard InChI is InChI=1S/C20H22N2O3/c1-24-18-4-2-3-5-19(18)25-15-9-6-13(7-10-15)20(23)22-17-12-14-8-11-16(17)21-14/h2-7,9-10,14,16-17,21H,8,11-12H2,1H3,(H,22,23). The van der Waals surface area contributed by atoms with E-state index in [1.165, 1.54) is 6.42 Å². The summed E-state index contributed by atoms with van der Waals surface area (Å²) < 4.78 is 11.1. The van der Waals surface area contributed by atoms with Gasteiger partial charge in [0.2, 0.25) is 0 Å². The Hall–Kier alpha value is -2.53. The van der Waals surface area contributed by atoms with Gasteiger partial charge in [-0.3, -0.25) is 4.79 Å². The molecule has 25 heavy (non-hydrogen) atoms. The van der Waals surface area contributed by atoms with Gasteiger partial charge in [-0.1, -0.05) is 12.1 Å². The lowest BCUT2D eigenvalue weighted by Gasteiger charge is -2.21. The molecule has 3 unspecified atom stereocenters. The summed E-state index contributed by atoms with van der Waals surface area (Å²) in [6.45, 7) is 0. The Balaban J connectivity index is 1.40. The van der Waals surface area contributed by atoms with Gasteiger partial charge in [-0.05, 0) is 55.7 Å². The number of para-hydroxylation sites is 2.